The van der Waals surface area contributed by atoms with Crippen molar-refractivity contribution in [2.24, 2.45) is 11.8 Å². The van der Waals surface area contributed by atoms with Gasteiger partial charge < -0.3 is 5.32 Å². The summed E-state index contributed by atoms with van der Waals surface area (Å²) in [5.74, 6) is 1.34. The average molecular weight is 300 g/mol. The first kappa shape index (κ1) is 12.9. The molecule has 0 aromatic heterocycles. The summed E-state index contributed by atoms with van der Waals surface area (Å²) in [7, 11) is 0. The van der Waals surface area contributed by atoms with Crippen molar-refractivity contribution < 1.29 is 4.39 Å². The molecule has 3 unspecified atom stereocenters. The van der Waals surface area contributed by atoms with E-state index in [0.717, 1.165) is 29.2 Å². The number of hydrogen-bond acceptors (Lipinski definition) is 1. The summed E-state index contributed by atoms with van der Waals surface area (Å²) in [4.78, 5) is 0. The molecule has 0 amide bonds. The summed E-state index contributed by atoms with van der Waals surface area (Å²) in [6, 6.07) is 5.45. The molecular formula is C14H19BrFN. The van der Waals surface area contributed by atoms with E-state index in [4.69, 9.17) is 0 Å². The van der Waals surface area contributed by atoms with Crippen molar-refractivity contribution >= 4 is 21.6 Å². The quantitative estimate of drug-likeness (QED) is 0.825. The standard InChI is InChI=1S/C14H19BrFN/c1-9-3-5-12(7-10(9)2)17-14-8-11(15)4-6-13(14)16/h4,6,8-10,12,17H,3,5,7H2,1-2H3. The number of halogens is 2. The van der Waals surface area contributed by atoms with Crippen molar-refractivity contribution in [3.8, 4) is 0 Å². The van der Waals surface area contributed by atoms with E-state index in [1.54, 1.807) is 6.07 Å². The van der Waals surface area contributed by atoms with Gasteiger partial charge in [-0.15, -0.1) is 0 Å². The number of rotatable bonds is 2. The van der Waals surface area contributed by atoms with Gasteiger partial charge in [0.15, 0.2) is 0 Å². The molecule has 1 fully saturated rings. The van der Waals surface area contributed by atoms with E-state index >= 15 is 0 Å². The average Bonchev–Trinajstić information content (AvgIpc) is 2.29. The molecular weight excluding hydrogens is 281 g/mol. The Labute approximate surface area is 111 Å². The van der Waals surface area contributed by atoms with Gasteiger partial charge in [-0.25, -0.2) is 4.39 Å². The van der Waals surface area contributed by atoms with Gasteiger partial charge in [-0.1, -0.05) is 29.8 Å². The second kappa shape index (κ2) is 5.38. The zero-order valence-electron chi connectivity index (χ0n) is 10.3. The molecule has 1 aromatic rings. The number of anilines is 1. The molecule has 1 aliphatic carbocycles. The van der Waals surface area contributed by atoms with Gasteiger partial charge in [-0.2, -0.15) is 0 Å². The maximum atomic E-state index is 13.6. The Balaban J connectivity index is 2.03. The SMILES string of the molecule is CC1CCC(Nc2cc(Br)ccc2F)CC1C. The first-order chi connectivity index (χ1) is 8.06. The summed E-state index contributed by atoms with van der Waals surface area (Å²) < 4.78 is 14.5. The zero-order valence-corrected chi connectivity index (χ0v) is 11.9. The van der Waals surface area contributed by atoms with Crippen LogP contribution in [0.5, 0.6) is 0 Å². The van der Waals surface area contributed by atoms with Crippen molar-refractivity contribution in [3.05, 3.63) is 28.5 Å². The van der Waals surface area contributed by atoms with Gasteiger partial charge in [-0.05, 0) is 49.3 Å². The van der Waals surface area contributed by atoms with E-state index in [0.29, 0.717) is 11.7 Å². The fourth-order valence-corrected chi connectivity index (χ4v) is 2.87. The van der Waals surface area contributed by atoms with Crippen molar-refractivity contribution in [2.75, 3.05) is 5.32 Å². The maximum Gasteiger partial charge on any atom is 0.146 e. The Morgan fingerprint density at radius 1 is 1.24 bits per heavy atom. The highest BCUT2D eigenvalue weighted by Crippen LogP contribution is 2.32. The minimum Gasteiger partial charge on any atom is -0.380 e. The normalized spacial score (nSPS) is 29.1. The minimum atomic E-state index is -0.167. The topological polar surface area (TPSA) is 12.0 Å². The molecule has 1 saturated carbocycles. The Kier molecular flexibility index (Phi) is 4.08. The fourth-order valence-electron chi connectivity index (χ4n) is 2.51. The van der Waals surface area contributed by atoms with Crippen molar-refractivity contribution in [1.29, 1.82) is 0 Å². The lowest BCUT2D eigenvalue weighted by Gasteiger charge is -2.33. The molecule has 0 bridgehead atoms. The molecule has 0 heterocycles. The molecule has 1 aromatic carbocycles. The lowest BCUT2D eigenvalue weighted by Crippen LogP contribution is -2.30. The molecule has 2 rings (SSSR count). The predicted molar refractivity (Wildman–Crippen MR) is 73.7 cm³/mol. The monoisotopic (exact) mass is 299 g/mol. The summed E-state index contributed by atoms with van der Waals surface area (Å²) in [5, 5.41) is 3.34. The van der Waals surface area contributed by atoms with Crippen molar-refractivity contribution in [3.63, 3.8) is 0 Å². The first-order valence-electron chi connectivity index (χ1n) is 6.28. The van der Waals surface area contributed by atoms with Crippen LogP contribution in [-0.4, -0.2) is 6.04 Å². The maximum absolute atomic E-state index is 13.6. The highest BCUT2D eigenvalue weighted by Gasteiger charge is 2.24. The highest BCUT2D eigenvalue weighted by molar-refractivity contribution is 9.10. The molecule has 3 heteroatoms. The van der Waals surface area contributed by atoms with Crippen LogP contribution in [0.4, 0.5) is 10.1 Å². The van der Waals surface area contributed by atoms with Gasteiger partial charge in [0, 0.05) is 10.5 Å². The lowest BCUT2D eigenvalue weighted by molar-refractivity contribution is 0.260. The molecule has 1 N–H and O–H groups in total. The van der Waals surface area contributed by atoms with Crippen LogP contribution in [0.1, 0.15) is 33.1 Å². The van der Waals surface area contributed by atoms with E-state index in [1.165, 1.54) is 12.5 Å². The van der Waals surface area contributed by atoms with Crippen LogP contribution < -0.4 is 5.32 Å². The third-order valence-electron chi connectivity index (χ3n) is 3.89. The third-order valence-corrected chi connectivity index (χ3v) is 4.38. The van der Waals surface area contributed by atoms with Crippen LogP contribution in [0, 0.1) is 17.7 Å². The van der Waals surface area contributed by atoms with Crippen LogP contribution in [0.15, 0.2) is 22.7 Å². The van der Waals surface area contributed by atoms with Crippen molar-refractivity contribution in [1.82, 2.24) is 0 Å². The van der Waals surface area contributed by atoms with Crippen LogP contribution in [0.3, 0.4) is 0 Å². The van der Waals surface area contributed by atoms with E-state index in [9.17, 15) is 4.39 Å². The molecule has 1 nitrogen and oxygen atoms in total. The van der Waals surface area contributed by atoms with Gasteiger partial charge >= 0.3 is 0 Å². The van der Waals surface area contributed by atoms with Crippen LogP contribution in [0.25, 0.3) is 0 Å². The van der Waals surface area contributed by atoms with E-state index in [2.05, 4.69) is 35.1 Å². The van der Waals surface area contributed by atoms with Crippen LogP contribution in [-0.2, 0) is 0 Å². The Hall–Kier alpha value is -0.570. The second-order valence-corrected chi connectivity index (χ2v) is 6.15. The van der Waals surface area contributed by atoms with Crippen LogP contribution in [0.2, 0.25) is 0 Å². The fraction of sp³-hybridized carbons (Fsp3) is 0.571. The first-order valence-corrected chi connectivity index (χ1v) is 7.07. The van der Waals surface area contributed by atoms with Gasteiger partial charge in [0.2, 0.25) is 0 Å². The summed E-state index contributed by atoms with van der Waals surface area (Å²) >= 11 is 3.38. The molecule has 0 spiro atoms. The molecule has 0 radical (unpaired) electrons. The summed E-state index contributed by atoms with van der Waals surface area (Å²) in [5.41, 5.74) is 0.617. The third kappa shape index (κ3) is 3.21. The number of benzene rings is 1. The molecule has 17 heavy (non-hydrogen) atoms. The van der Waals surface area contributed by atoms with Gasteiger partial charge in [0.05, 0.1) is 5.69 Å². The van der Waals surface area contributed by atoms with E-state index in [1.807, 2.05) is 6.07 Å². The van der Waals surface area contributed by atoms with E-state index < -0.39 is 0 Å². The highest BCUT2D eigenvalue weighted by atomic mass is 79.9. The van der Waals surface area contributed by atoms with E-state index in [-0.39, 0.29) is 5.82 Å². The van der Waals surface area contributed by atoms with Gasteiger partial charge in [0.1, 0.15) is 5.82 Å². The molecule has 94 valence electrons. The smallest absolute Gasteiger partial charge is 0.146 e. The van der Waals surface area contributed by atoms with Gasteiger partial charge in [-0.3, -0.25) is 0 Å². The molecule has 0 saturated heterocycles. The van der Waals surface area contributed by atoms with Gasteiger partial charge in [0.25, 0.3) is 0 Å². The molecule has 3 atom stereocenters. The largest absolute Gasteiger partial charge is 0.380 e. The number of nitrogens with one attached hydrogen (secondary N) is 1. The van der Waals surface area contributed by atoms with Crippen LogP contribution >= 0.6 is 15.9 Å². The Morgan fingerprint density at radius 3 is 2.71 bits per heavy atom. The Morgan fingerprint density at radius 2 is 2.00 bits per heavy atom. The summed E-state index contributed by atoms with van der Waals surface area (Å²) in [6.07, 6.45) is 3.50. The second-order valence-electron chi connectivity index (χ2n) is 5.23. The molecule has 1 aliphatic rings. The number of hydrogen-bond donors (Lipinski definition) is 1. The van der Waals surface area contributed by atoms with Crippen molar-refractivity contribution in [2.45, 2.75) is 39.2 Å². The zero-order chi connectivity index (χ0) is 12.4. The minimum absolute atomic E-state index is 0.167. The molecule has 0 aliphatic heterocycles. The summed E-state index contributed by atoms with van der Waals surface area (Å²) in [6.45, 7) is 4.59. The lowest BCUT2D eigenvalue weighted by atomic mass is 9.79. The Bertz CT molecular complexity index is 394. The predicted octanol–water partition coefficient (Wildman–Crippen LogP) is 4.82.